The molecule has 1 aromatic heterocycles. The van der Waals surface area contributed by atoms with Crippen molar-refractivity contribution >= 4 is 6.03 Å². The predicted molar refractivity (Wildman–Crippen MR) is 94.9 cm³/mol. The molecule has 1 aliphatic rings. The second kappa shape index (κ2) is 8.18. The fourth-order valence-corrected chi connectivity index (χ4v) is 3.25. The lowest BCUT2D eigenvalue weighted by Crippen LogP contribution is -2.44. The minimum Gasteiger partial charge on any atom is -0.467 e. The van der Waals surface area contributed by atoms with Crippen molar-refractivity contribution < 1.29 is 14.3 Å². The molecule has 1 fully saturated rings. The smallest absolute Gasteiger partial charge is 0.315 e. The third-order valence-corrected chi connectivity index (χ3v) is 4.60. The Morgan fingerprint density at radius 1 is 1.32 bits per heavy atom. The van der Waals surface area contributed by atoms with Crippen LogP contribution in [0.4, 0.5) is 4.79 Å². The molecule has 0 aliphatic carbocycles. The molecule has 2 aromatic rings. The van der Waals surface area contributed by atoms with E-state index in [1.165, 1.54) is 11.8 Å². The monoisotopic (exact) mass is 343 g/mol. The molecular weight excluding hydrogens is 318 g/mol. The van der Waals surface area contributed by atoms with Crippen LogP contribution in [0.1, 0.15) is 30.8 Å². The van der Waals surface area contributed by atoms with Gasteiger partial charge in [-0.15, -0.1) is 0 Å². The fourth-order valence-electron chi connectivity index (χ4n) is 3.25. The summed E-state index contributed by atoms with van der Waals surface area (Å²) in [6, 6.07) is 14.0. The van der Waals surface area contributed by atoms with Crippen LogP contribution in [0, 0.1) is 0 Å². The van der Waals surface area contributed by atoms with E-state index in [1.54, 1.807) is 12.1 Å². The summed E-state index contributed by atoms with van der Waals surface area (Å²) in [6.07, 6.45) is 1.58. The van der Waals surface area contributed by atoms with Gasteiger partial charge in [-0.25, -0.2) is 4.79 Å². The van der Waals surface area contributed by atoms with Crippen LogP contribution in [0.3, 0.4) is 0 Å². The lowest BCUT2D eigenvalue weighted by atomic mass is 10.2. The highest BCUT2D eigenvalue weighted by Crippen LogP contribution is 2.20. The molecule has 1 aromatic carbocycles. The number of urea groups is 1. The van der Waals surface area contributed by atoms with Gasteiger partial charge in [0, 0.05) is 25.2 Å². The number of furan rings is 1. The van der Waals surface area contributed by atoms with E-state index in [0.29, 0.717) is 11.8 Å². The molecule has 0 bridgehead atoms. The second-order valence-electron chi connectivity index (χ2n) is 6.58. The van der Waals surface area contributed by atoms with E-state index in [0.717, 1.165) is 19.5 Å². The molecule has 134 valence electrons. The Labute approximate surface area is 147 Å². The van der Waals surface area contributed by atoms with Gasteiger partial charge in [-0.05, 0) is 31.0 Å². The average Bonchev–Trinajstić information content (AvgIpc) is 3.24. The topological polar surface area (TPSA) is 77.7 Å². The van der Waals surface area contributed by atoms with Crippen LogP contribution in [0.25, 0.3) is 0 Å². The minimum atomic E-state index is -0.835. The number of hydrogen-bond donors (Lipinski definition) is 3. The van der Waals surface area contributed by atoms with E-state index >= 15 is 0 Å². The van der Waals surface area contributed by atoms with Gasteiger partial charge in [-0.2, -0.15) is 0 Å². The van der Waals surface area contributed by atoms with Crippen LogP contribution in [0.5, 0.6) is 0 Å². The number of aliphatic hydroxyl groups is 1. The molecule has 2 amide bonds. The van der Waals surface area contributed by atoms with Crippen LogP contribution in [-0.2, 0) is 6.54 Å². The molecule has 1 aliphatic heterocycles. The van der Waals surface area contributed by atoms with E-state index in [4.69, 9.17) is 4.42 Å². The average molecular weight is 343 g/mol. The third-order valence-electron chi connectivity index (χ3n) is 4.60. The van der Waals surface area contributed by atoms with E-state index < -0.39 is 6.10 Å². The molecule has 2 heterocycles. The molecular formula is C19H25N3O3. The van der Waals surface area contributed by atoms with Gasteiger partial charge in [0.15, 0.2) is 0 Å². The Bertz CT molecular complexity index is 660. The van der Waals surface area contributed by atoms with Crippen molar-refractivity contribution in [1.29, 1.82) is 0 Å². The predicted octanol–water partition coefficient (Wildman–Crippen LogP) is 2.28. The standard InChI is InChI=1S/C19H25N3O3/c1-14-10-16(13-22(14)12-15-6-3-2-4-7-15)21-19(24)20-11-17(23)18-8-5-9-25-18/h2-9,14,16-17,23H,10-13H2,1H3,(H2,20,21,24). The second-order valence-corrected chi connectivity index (χ2v) is 6.58. The molecule has 0 saturated carbocycles. The number of carbonyl (C=O) groups excluding carboxylic acids is 1. The van der Waals surface area contributed by atoms with E-state index in [-0.39, 0.29) is 18.6 Å². The molecule has 3 rings (SSSR count). The highest BCUT2D eigenvalue weighted by molar-refractivity contribution is 5.74. The van der Waals surface area contributed by atoms with Crippen molar-refractivity contribution in [3.63, 3.8) is 0 Å². The number of nitrogens with one attached hydrogen (secondary N) is 2. The van der Waals surface area contributed by atoms with Gasteiger partial charge in [0.05, 0.1) is 12.8 Å². The number of amides is 2. The van der Waals surface area contributed by atoms with Gasteiger partial charge in [0.1, 0.15) is 11.9 Å². The van der Waals surface area contributed by atoms with Crippen molar-refractivity contribution in [3.05, 3.63) is 60.1 Å². The summed E-state index contributed by atoms with van der Waals surface area (Å²) in [5, 5.41) is 15.6. The molecule has 6 nitrogen and oxygen atoms in total. The lowest BCUT2D eigenvalue weighted by molar-refractivity contribution is 0.147. The minimum absolute atomic E-state index is 0.111. The number of hydrogen-bond acceptors (Lipinski definition) is 4. The first-order valence-corrected chi connectivity index (χ1v) is 8.65. The number of nitrogens with zero attached hydrogens (tertiary/aromatic N) is 1. The highest BCUT2D eigenvalue weighted by Gasteiger charge is 2.29. The summed E-state index contributed by atoms with van der Waals surface area (Å²) in [5.41, 5.74) is 1.28. The number of likely N-dealkylation sites (tertiary alicyclic amines) is 1. The number of aliphatic hydroxyl groups excluding tert-OH is 1. The summed E-state index contributed by atoms with van der Waals surface area (Å²) in [5.74, 6) is 0.448. The van der Waals surface area contributed by atoms with Gasteiger partial charge >= 0.3 is 6.03 Å². The SMILES string of the molecule is CC1CC(NC(=O)NCC(O)c2ccco2)CN1Cc1ccccc1. The lowest BCUT2D eigenvalue weighted by Gasteiger charge is -2.21. The normalized spacial score (nSPS) is 21.8. The summed E-state index contributed by atoms with van der Waals surface area (Å²) in [6.45, 7) is 4.02. The Morgan fingerprint density at radius 2 is 2.12 bits per heavy atom. The first-order valence-electron chi connectivity index (χ1n) is 8.65. The Morgan fingerprint density at radius 3 is 2.84 bits per heavy atom. The molecule has 6 heteroatoms. The Hall–Kier alpha value is -2.31. The summed E-state index contributed by atoms with van der Waals surface area (Å²) in [7, 11) is 0. The summed E-state index contributed by atoms with van der Waals surface area (Å²) in [4.78, 5) is 14.4. The molecule has 3 atom stereocenters. The maximum Gasteiger partial charge on any atom is 0.315 e. The molecule has 0 spiro atoms. The number of rotatable bonds is 6. The van der Waals surface area contributed by atoms with Crippen LogP contribution >= 0.6 is 0 Å². The van der Waals surface area contributed by atoms with Crippen molar-refractivity contribution in [1.82, 2.24) is 15.5 Å². The van der Waals surface area contributed by atoms with Gasteiger partial charge in [0.25, 0.3) is 0 Å². The van der Waals surface area contributed by atoms with Gasteiger partial charge < -0.3 is 20.2 Å². The molecule has 1 saturated heterocycles. The van der Waals surface area contributed by atoms with Gasteiger partial charge in [0.2, 0.25) is 0 Å². The van der Waals surface area contributed by atoms with Crippen LogP contribution < -0.4 is 10.6 Å². The summed E-state index contributed by atoms with van der Waals surface area (Å²) >= 11 is 0. The molecule has 3 N–H and O–H groups in total. The van der Waals surface area contributed by atoms with Crippen molar-refractivity contribution in [2.75, 3.05) is 13.1 Å². The zero-order valence-corrected chi connectivity index (χ0v) is 14.4. The molecule has 25 heavy (non-hydrogen) atoms. The van der Waals surface area contributed by atoms with Crippen LogP contribution in [-0.4, -0.2) is 41.2 Å². The van der Waals surface area contributed by atoms with Gasteiger partial charge in [-0.3, -0.25) is 4.90 Å². The fraction of sp³-hybridized carbons (Fsp3) is 0.421. The quantitative estimate of drug-likeness (QED) is 0.752. The van der Waals surface area contributed by atoms with Crippen molar-refractivity contribution in [3.8, 4) is 0 Å². The Kier molecular flexibility index (Phi) is 5.73. The van der Waals surface area contributed by atoms with Gasteiger partial charge in [-0.1, -0.05) is 30.3 Å². The zero-order chi connectivity index (χ0) is 17.6. The van der Waals surface area contributed by atoms with Crippen molar-refractivity contribution in [2.24, 2.45) is 0 Å². The maximum atomic E-state index is 12.1. The molecule has 3 unspecified atom stereocenters. The van der Waals surface area contributed by atoms with E-state index in [2.05, 4.69) is 34.6 Å². The third kappa shape index (κ3) is 4.84. The highest BCUT2D eigenvalue weighted by atomic mass is 16.4. The van der Waals surface area contributed by atoms with E-state index in [1.807, 2.05) is 18.2 Å². The summed E-state index contributed by atoms with van der Waals surface area (Å²) < 4.78 is 5.12. The first kappa shape index (κ1) is 17.5. The molecule has 0 radical (unpaired) electrons. The Balaban J connectivity index is 1.43. The van der Waals surface area contributed by atoms with E-state index in [9.17, 15) is 9.90 Å². The first-order chi connectivity index (χ1) is 12.1. The number of carbonyl (C=O) groups is 1. The van der Waals surface area contributed by atoms with Crippen LogP contribution in [0.15, 0.2) is 53.1 Å². The maximum absolute atomic E-state index is 12.1. The van der Waals surface area contributed by atoms with Crippen molar-refractivity contribution in [2.45, 2.75) is 38.1 Å². The van der Waals surface area contributed by atoms with Crippen LogP contribution in [0.2, 0.25) is 0 Å². The number of benzene rings is 1. The largest absolute Gasteiger partial charge is 0.467 e. The zero-order valence-electron chi connectivity index (χ0n) is 14.4.